The van der Waals surface area contributed by atoms with Crippen LogP contribution in [-0.4, -0.2) is 91.3 Å². The molecule has 2 aliphatic rings. The highest BCUT2D eigenvalue weighted by Gasteiger charge is 2.23. The molecule has 9 nitrogen and oxygen atoms in total. The number of carboxylic acids is 1. The molecule has 1 atom stereocenters. The van der Waals surface area contributed by atoms with Crippen LogP contribution in [0.25, 0.3) is 0 Å². The molecule has 2 heterocycles. The van der Waals surface area contributed by atoms with Crippen molar-refractivity contribution in [3.05, 3.63) is 29.8 Å². The molecule has 31 heavy (non-hydrogen) atoms. The molecule has 0 radical (unpaired) electrons. The highest BCUT2D eigenvalue weighted by Crippen LogP contribution is 2.15. The molecule has 3 N–H and O–H groups in total. The summed E-state index contributed by atoms with van der Waals surface area (Å²) in [5.41, 5.74) is 0.916. The van der Waals surface area contributed by atoms with Crippen molar-refractivity contribution in [1.29, 1.82) is 0 Å². The minimum Gasteiger partial charge on any atom is -0.478 e. The fraction of sp³-hybridized carbons (Fsp3) is 0.591. The molecule has 3 rings (SSSR count). The van der Waals surface area contributed by atoms with Crippen molar-refractivity contribution in [2.24, 2.45) is 4.99 Å². The first-order valence-electron chi connectivity index (χ1n) is 11.1. The van der Waals surface area contributed by atoms with Crippen LogP contribution in [-0.2, 0) is 9.53 Å². The number of aliphatic imine (C=N–C) groups is 1. The minimum atomic E-state index is -0.962. The number of rotatable bonds is 8. The summed E-state index contributed by atoms with van der Waals surface area (Å²) in [6.07, 6.45) is 3.12. The fourth-order valence-corrected chi connectivity index (χ4v) is 3.70. The highest BCUT2D eigenvalue weighted by molar-refractivity contribution is 5.96. The number of anilines is 1. The maximum atomic E-state index is 12.0. The van der Waals surface area contributed by atoms with E-state index in [0.29, 0.717) is 31.3 Å². The molecular weight excluding hydrogens is 398 g/mol. The zero-order valence-electron chi connectivity index (χ0n) is 18.2. The van der Waals surface area contributed by atoms with E-state index < -0.39 is 5.97 Å². The molecule has 1 unspecified atom stereocenters. The molecule has 2 aliphatic heterocycles. The van der Waals surface area contributed by atoms with Gasteiger partial charge in [-0.1, -0.05) is 13.0 Å². The van der Waals surface area contributed by atoms with Gasteiger partial charge in [0, 0.05) is 45.0 Å². The lowest BCUT2D eigenvalue weighted by Crippen LogP contribution is -2.52. The van der Waals surface area contributed by atoms with Gasteiger partial charge in [0.25, 0.3) is 0 Å². The minimum absolute atomic E-state index is 0.0613. The smallest absolute Gasteiger partial charge is 0.335 e. The summed E-state index contributed by atoms with van der Waals surface area (Å²) >= 11 is 0. The number of aromatic carboxylic acids is 1. The first kappa shape index (κ1) is 23.0. The van der Waals surface area contributed by atoms with Gasteiger partial charge in [0.1, 0.15) is 0 Å². The molecule has 9 heteroatoms. The summed E-state index contributed by atoms with van der Waals surface area (Å²) in [5.74, 6) is -0.184. The number of carbonyl (C=O) groups excluding carboxylic acids is 1. The SMILES string of the molecule is CCCNC(=O)CN1CCN(C(=NCC2CCCO2)Nc2cccc(C(=O)O)c2)CC1. The van der Waals surface area contributed by atoms with Crippen molar-refractivity contribution in [3.63, 3.8) is 0 Å². The van der Waals surface area contributed by atoms with E-state index in [0.717, 1.165) is 52.0 Å². The van der Waals surface area contributed by atoms with Crippen molar-refractivity contribution in [3.8, 4) is 0 Å². The van der Waals surface area contributed by atoms with Crippen LogP contribution in [0.2, 0.25) is 0 Å². The molecule has 0 bridgehead atoms. The Kier molecular flexibility index (Phi) is 8.66. The van der Waals surface area contributed by atoms with Crippen molar-refractivity contribution in [2.75, 3.05) is 57.7 Å². The third-order valence-electron chi connectivity index (χ3n) is 5.45. The number of piperazine rings is 1. The van der Waals surface area contributed by atoms with Crippen molar-refractivity contribution < 1.29 is 19.4 Å². The largest absolute Gasteiger partial charge is 0.478 e. The van der Waals surface area contributed by atoms with Crippen molar-refractivity contribution >= 4 is 23.5 Å². The molecule has 1 aromatic carbocycles. The van der Waals surface area contributed by atoms with E-state index in [4.69, 9.17) is 9.73 Å². The summed E-state index contributed by atoms with van der Waals surface area (Å²) in [5, 5.41) is 15.5. The van der Waals surface area contributed by atoms with Gasteiger partial charge in [0.05, 0.1) is 24.8 Å². The maximum Gasteiger partial charge on any atom is 0.335 e. The number of benzene rings is 1. The van der Waals surface area contributed by atoms with Gasteiger partial charge in [-0.3, -0.25) is 14.7 Å². The first-order valence-corrected chi connectivity index (χ1v) is 11.1. The van der Waals surface area contributed by atoms with Gasteiger partial charge in [-0.2, -0.15) is 0 Å². The van der Waals surface area contributed by atoms with Crippen LogP contribution in [0.4, 0.5) is 5.69 Å². The average Bonchev–Trinajstić information content (AvgIpc) is 3.29. The van der Waals surface area contributed by atoms with Crippen LogP contribution in [0.3, 0.4) is 0 Å². The van der Waals surface area contributed by atoms with Crippen molar-refractivity contribution in [1.82, 2.24) is 15.1 Å². The van der Waals surface area contributed by atoms with Crippen LogP contribution in [0.1, 0.15) is 36.5 Å². The van der Waals surface area contributed by atoms with Gasteiger partial charge in [-0.15, -0.1) is 0 Å². The normalized spacial score (nSPS) is 20.0. The van der Waals surface area contributed by atoms with Gasteiger partial charge in [0.2, 0.25) is 5.91 Å². The predicted molar refractivity (Wildman–Crippen MR) is 120 cm³/mol. The lowest BCUT2D eigenvalue weighted by molar-refractivity contribution is -0.122. The third kappa shape index (κ3) is 7.22. The lowest BCUT2D eigenvalue weighted by atomic mass is 10.2. The zero-order valence-corrected chi connectivity index (χ0v) is 18.2. The Morgan fingerprint density at radius 3 is 2.74 bits per heavy atom. The molecule has 2 saturated heterocycles. The molecule has 1 aromatic rings. The summed E-state index contributed by atoms with van der Waals surface area (Å²) in [6.45, 7) is 7.49. The molecule has 0 aliphatic carbocycles. The summed E-state index contributed by atoms with van der Waals surface area (Å²) in [4.78, 5) is 32.4. The average molecular weight is 432 g/mol. The van der Waals surface area contributed by atoms with Crippen LogP contribution in [0, 0.1) is 0 Å². The number of carboxylic acid groups (broad SMARTS) is 1. The third-order valence-corrected chi connectivity index (χ3v) is 5.45. The Balaban J connectivity index is 1.63. The molecule has 2 fully saturated rings. The number of nitrogens with zero attached hydrogens (tertiary/aromatic N) is 3. The summed E-state index contributed by atoms with van der Waals surface area (Å²) in [7, 11) is 0. The number of amides is 1. The number of hydrogen-bond acceptors (Lipinski definition) is 5. The van der Waals surface area contributed by atoms with E-state index in [1.54, 1.807) is 18.2 Å². The Bertz CT molecular complexity index is 771. The molecule has 0 spiro atoms. The number of ether oxygens (including phenoxy) is 1. The Labute approximate surface area is 183 Å². The van der Waals surface area contributed by atoms with Gasteiger partial charge in [-0.25, -0.2) is 4.79 Å². The quantitative estimate of drug-likeness (QED) is 0.423. The number of carbonyl (C=O) groups is 2. The van der Waals surface area contributed by atoms with Crippen molar-refractivity contribution in [2.45, 2.75) is 32.3 Å². The second-order valence-corrected chi connectivity index (χ2v) is 7.92. The van der Waals surface area contributed by atoms with E-state index in [-0.39, 0.29) is 17.6 Å². The molecular formula is C22H33N5O4. The topological polar surface area (TPSA) is 107 Å². The van der Waals surface area contributed by atoms with Gasteiger partial charge < -0.3 is 25.4 Å². The van der Waals surface area contributed by atoms with Gasteiger partial charge >= 0.3 is 5.97 Å². The molecule has 0 saturated carbocycles. The predicted octanol–water partition coefficient (Wildman–Crippen LogP) is 1.48. The standard InChI is InChI=1S/C22H33N5O4/c1-2-8-23-20(28)16-26-9-11-27(12-10-26)22(24-15-19-7-4-13-31-19)25-18-6-3-5-17(14-18)21(29)30/h3,5-6,14,19H,2,4,7-13,15-16H2,1H3,(H,23,28)(H,24,25)(H,29,30). The van der Waals surface area contributed by atoms with E-state index in [9.17, 15) is 14.7 Å². The van der Waals surface area contributed by atoms with Gasteiger partial charge in [0.15, 0.2) is 5.96 Å². The van der Waals surface area contributed by atoms with Crippen LogP contribution >= 0.6 is 0 Å². The summed E-state index contributed by atoms with van der Waals surface area (Å²) < 4.78 is 5.70. The summed E-state index contributed by atoms with van der Waals surface area (Å²) in [6, 6.07) is 6.73. The van der Waals surface area contributed by atoms with E-state index >= 15 is 0 Å². The van der Waals surface area contributed by atoms with E-state index in [2.05, 4.69) is 20.4 Å². The monoisotopic (exact) mass is 431 g/mol. The number of guanidine groups is 1. The van der Waals surface area contributed by atoms with E-state index in [1.165, 1.54) is 0 Å². The highest BCUT2D eigenvalue weighted by atomic mass is 16.5. The molecule has 170 valence electrons. The molecule has 1 amide bonds. The van der Waals surface area contributed by atoms with Crippen LogP contribution in [0.15, 0.2) is 29.3 Å². The Hall–Kier alpha value is -2.65. The fourth-order valence-electron chi connectivity index (χ4n) is 3.70. The Morgan fingerprint density at radius 2 is 2.06 bits per heavy atom. The Morgan fingerprint density at radius 1 is 1.26 bits per heavy atom. The number of nitrogens with one attached hydrogen (secondary N) is 2. The van der Waals surface area contributed by atoms with Gasteiger partial charge in [-0.05, 0) is 37.5 Å². The second-order valence-electron chi connectivity index (χ2n) is 7.92. The van der Waals surface area contributed by atoms with E-state index in [1.807, 2.05) is 13.0 Å². The van der Waals surface area contributed by atoms with Crippen LogP contribution in [0.5, 0.6) is 0 Å². The maximum absolute atomic E-state index is 12.0. The second kappa shape index (κ2) is 11.7. The zero-order chi connectivity index (χ0) is 22.1. The lowest BCUT2D eigenvalue weighted by Gasteiger charge is -2.36. The molecule has 0 aromatic heterocycles. The number of hydrogen-bond donors (Lipinski definition) is 3. The van der Waals surface area contributed by atoms with Crippen LogP contribution < -0.4 is 10.6 Å². The first-order chi connectivity index (χ1) is 15.0.